The van der Waals surface area contributed by atoms with Gasteiger partial charge in [-0.1, -0.05) is 12.1 Å². The number of aliphatic carboxylic acids is 1. The molecule has 0 saturated heterocycles. The number of aryl methyl sites for hydroxylation is 3. The Kier molecular flexibility index (Phi) is 2.50. The molecule has 1 aromatic carbocycles. The van der Waals surface area contributed by atoms with Gasteiger partial charge in [0, 0.05) is 16.6 Å². The van der Waals surface area contributed by atoms with Gasteiger partial charge in [-0.3, -0.25) is 4.79 Å². The normalized spacial score (nSPS) is 10.8. The number of carbonyl (C=O) groups is 2. The molecule has 0 unspecified atom stereocenters. The molecule has 0 aliphatic carbocycles. The summed E-state index contributed by atoms with van der Waals surface area (Å²) in [6.07, 6.45) is 0. The molecule has 0 aliphatic rings. The summed E-state index contributed by atoms with van der Waals surface area (Å²) in [6.45, 7) is 5.51. The van der Waals surface area contributed by atoms with Crippen molar-refractivity contribution in [2.24, 2.45) is 0 Å². The maximum Gasteiger partial charge on any atom is 0.377 e. The molecule has 1 aromatic heterocycles. The molecule has 88 valence electrons. The molecule has 0 aliphatic heterocycles. The molecular formula is C13H13NO3. The summed E-state index contributed by atoms with van der Waals surface area (Å²) in [5.41, 5.74) is 3.61. The van der Waals surface area contributed by atoms with Crippen molar-refractivity contribution in [1.29, 1.82) is 0 Å². The van der Waals surface area contributed by atoms with Crippen molar-refractivity contribution < 1.29 is 14.7 Å². The number of aromatic nitrogens is 1. The molecule has 0 spiro atoms. The summed E-state index contributed by atoms with van der Waals surface area (Å²) in [7, 11) is 0. The molecular weight excluding hydrogens is 218 g/mol. The molecule has 17 heavy (non-hydrogen) atoms. The van der Waals surface area contributed by atoms with Crippen molar-refractivity contribution in [3.8, 4) is 0 Å². The van der Waals surface area contributed by atoms with Crippen molar-refractivity contribution in [3.05, 3.63) is 34.5 Å². The highest BCUT2D eigenvalue weighted by Gasteiger charge is 2.23. The van der Waals surface area contributed by atoms with Crippen LogP contribution in [0.4, 0.5) is 0 Å². The molecule has 1 heterocycles. The van der Waals surface area contributed by atoms with Crippen LogP contribution in [0.25, 0.3) is 10.9 Å². The second-order valence-electron chi connectivity index (χ2n) is 4.21. The number of carboxylic acids is 1. The number of hydrogen-bond donors (Lipinski definition) is 2. The Morgan fingerprint density at radius 2 is 1.71 bits per heavy atom. The van der Waals surface area contributed by atoms with Crippen molar-refractivity contribution in [2.75, 3.05) is 0 Å². The summed E-state index contributed by atoms with van der Waals surface area (Å²) in [5.74, 6) is -2.28. The first kappa shape index (κ1) is 11.4. The van der Waals surface area contributed by atoms with E-state index in [1.165, 1.54) is 0 Å². The minimum absolute atomic E-state index is 0.272. The average Bonchev–Trinajstić information content (AvgIpc) is 2.61. The number of ketones is 1. The molecule has 0 saturated carbocycles. The standard InChI is InChI=1S/C13H13NO3/c1-6-4-5-7(2)11-9(6)10(8(3)14-11)12(15)13(16)17/h4-5,14H,1-3H3,(H,16,17). The maximum absolute atomic E-state index is 11.7. The molecule has 0 atom stereocenters. The van der Waals surface area contributed by atoms with Gasteiger partial charge in [0.2, 0.25) is 0 Å². The minimum atomic E-state index is -1.42. The van der Waals surface area contributed by atoms with Crippen molar-refractivity contribution in [2.45, 2.75) is 20.8 Å². The SMILES string of the molecule is Cc1[nH]c2c(C)ccc(C)c2c1C(=O)C(=O)O. The van der Waals surface area contributed by atoms with E-state index in [4.69, 9.17) is 5.11 Å². The lowest BCUT2D eigenvalue weighted by Crippen LogP contribution is -2.13. The van der Waals surface area contributed by atoms with E-state index in [0.717, 1.165) is 22.0 Å². The van der Waals surface area contributed by atoms with Crippen LogP contribution in [-0.4, -0.2) is 21.8 Å². The number of nitrogens with one attached hydrogen (secondary N) is 1. The summed E-state index contributed by atoms with van der Waals surface area (Å²) in [5, 5.41) is 9.55. The quantitative estimate of drug-likeness (QED) is 0.615. The van der Waals surface area contributed by atoms with Crippen molar-refractivity contribution >= 4 is 22.7 Å². The van der Waals surface area contributed by atoms with Gasteiger partial charge in [0.15, 0.2) is 0 Å². The zero-order valence-electron chi connectivity index (χ0n) is 9.92. The van der Waals surface area contributed by atoms with Gasteiger partial charge in [0.1, 0.15) is 0 Å². The first-order valence-corrected chi connectivity index (χ1v) is 5.29. The Hall–Kier alpha value is -2.10. The van der Waals surface area contributed by atoms with E-state index in [0.29, 0.717) is 5.69 Å². The summed E-state index contributed by atoms with van der Waals surface area (Å²) in [6, 6.07) is 3.84. The largest absolute Gasteiger partial charge is 0.475 e. The maximum atomic E-state index is 11.7. The third-order valence-electron chi connectivity index (χ3n) is 2.98. The van der Waals surface area contributed by atoms with Crippen LogP contribution in [0.5, 0.6) is 0 Å². The van der Waals surface area contributed by atoms with E-state index in [2.05, 4.69) is 4.98 Å². The molecule has 2 rings (SSSR count). The first-order chi connectivity index (χ1) is 7.93. The second kappa shape index (κ2) is 3.73. The van der Waals surface area contributed by atoms with Crippen LogP contribution in [0.2, 0.25) is 0 Å². The molecule has 0 radical (unpaired) electrons. The molecule has 0 fully saturated rings. The fourth-order valence-corrected chi connectivity index (χ4v) is 2.12. The Morgan fingerprint density at radius 3 is 2.29 bits per heavy atom. The average molecular weight is 231 g/mol. The van der Waals surface area contributed by atoms with Crippen LogP contribution in [0.15, 0.2) is 12.1 Å². The summed E-state index contributed by atoms with van der Waals surface area (Å²) in [4.78, 5) is 25.6. The second-order valence-corrected chi connectivity index (χ2v) is 4.21. The Bertz CT molecular complexity index is 638. The van der Waals surface area contributed by atoms with Gasteiger partial charge >= 0.3 is 5.97 Å². The fraction of sp³-hybridized carbons (Fsp3) is 0.231. The molecule has 4 nitrogen and oxygen atoms in total. The Balaban J connectivity index is 2.89. The van der Waals surface area contributed by atoms with E-state index < -0.39 is 11.8 Å². The van der Waals surface area contributed by atoms with Gasteiger partial charge in [0.05, 0.1) is 5.56 Å². The number of Topliss-reactive ketones (excluding diaryl/α,β-unsaturated/α-hetero) is 1. The molecule has 2 aromatic rings. The number of aromatic amines is 1. The van der Waals surface area contributed by atoms with Gasteiger partial charge in [-0.15, -0.1) is 0 Å². The van der Waals surface area contributed by atoms with Gasteiger partial charge in [-0.2, -0.15) is 0 Å². The number of fused-ring (bicyclic) bond motifs is 1. The summed E-state index contributed by atoms with van der Waals surface area (Å²) >= 11 is 0. The topological polar surface area (TPSA) is 70.2 Å². The minimum Gasteiger partial charge on any atom is -0.475 e. The first-order valence-electron chi connectivity index (χ1n) is 5.29. The highest BCUT2D eigenvalue weighted by atomic mass is 16.4. The molecule has 0 bridgehead atoms. The number of carbonyl (C=O) groups excluding carboxylic acids is 1. The highest BCUT2D eigenvalue weighted by Crippen LogP contribution is 2.28. The third-order valence-corrected chi connectivity index (χ3v) is 2.98. The predicted octanol–water partition coefficient (Wildman–Crippen LogP) is 2.36. The highest BCUT2D eigenvalue weighted by molar-refractivity contribution is 6.42. The number of carboxylic acid groups (broad SMARTS) is 1. The van der Waals surface area contributed by atoms with Gasteiger partial charge in [-0.25, -0.2) is 4.79 Å². The van der Waals surface area contributed by atoms with E-state index in [9.17, 15) is 9.59 Å². The number of hydrogen-bond acceptors (Lipinski definition) is 2. The van der Waals surface area contributed by atoms with Crippen LogP contribution in [0.1, 0.15) is 27.2 Å². The fourth-order valence-electron chi connectivity index (χ4n) is 2.12. The lowest BCUT2D eigenvalue weighted by Gasteiger charge is -2.01. The number of benzene rings is 1. The van der Waals surface area contributed by atoms with E-state index in [-0.39, 0.29) is 5.56 Å². The lowest BCUT2D eigenvalue weighted by molar-refractivity contribution is -0.131. The van der Waals surface area contributed by atoms with E-state index >= 15 is 0 Å². The van der Waals surface area contributed by atoms with E-state index in [1.807, 2.05) is 26.0 Å². The Labute approximate surface area is 98.3 Å². The van der Waals surface area contributed by atoms with E-state index in [1.54, 1.807) is 6.92 Å². The molecule has 0 amide bonds. The van der Waals surface area contributed by atoms with Gasteiger partial charge < -0.3 is 10.1 Å². The van der Waals surface area contributed by atoms with Crippen LogP contribution in [0, 0.1) is 20.8 Å². The summed E-state index contributed by atoms with van der Waals surface area (Å²) < 4.78 is 0. The smallest absolute Gasteiger partial charge is 0.377 e. The van der Waals surface area contributed by atoms with Gasteiger partial charge in [-0.05, 0) is 31.9 Å². The molecule has 2 N–H and O–H groups in total. The van der Waals surface area contributed by atoms with Crippen molar-refractivity contribution in [1.82, 2.24) is 4.98 Å². The van der Waals surface area contributed by atoms with Crippen LogP contribution in [0.3, 0.4) is 0 Å². The van der Waals surface area contributed by atoms with Crippen LogP contribution < -0.4 is 0 Å². The van der Waals surface area contributed by atoms with Gasteiger partial charge in [0.25, 0.3) is 5.78 Å². The number of H-pyrrole nitrogens is 1. The Morgan fingerprint density at radius 1 is 1.12 bits per heavy atom. The predicted molar refractivity (Wildman–Crippen MR) is 64.5 cm³/mol. The van der Waals surface area contributed by atoms with Crippen molar-refractivity contribution in [3.63, 3.8) is 0 Å². The zero-order chi connectivity index (χ0) is 12.7. The molecule has 4 heteroatoms. The van der Waals surface area contributed by atoms with Crippen LogP contribution in [-0.2, 0) is 4.79 Å². The lowest BCUT2D eigenvalue weighted by atomic mass is 10.0. The monoisotopic (exact) mass is 231 g/mol. The zero-order valence-corrected chi connectivity index (χ0v) is 9.92. The number of rotatable bonds is 2. The third kappa shape index (κ3) is 1.62. The van der Waals surface area contributed by atoms with Crippen LogP contribution >= 0.6 is 0 Å².